The zero-order valence-corrected chi connectivity index (χ0v) is 14.2. The lowest BCUT2D eigenvalue weighted by Gasteiger charge is -2.19. The number of sulfonamides is 1. The Balaban J connectivity index is 1.87. The Hall–Kier alpha value is -2.45. The predicted octanol–water partition coefficient (Wildman–Crippen LogP) is 2.27. The van der Waals surface area contributed by atoms with Crippen LogP contribution in [0.5, 0.6) is 0 Å². The Kier molecular flexibility index (Phi) is 4.50. The van der Waals surface area contributed by atoms with E-state index < -0.39 is 16.1 Å². The van der Waals surface area contributed by atoms with E-state index in [4.69, 9.17) is 0 Å². The summed E-state index contributed by atoms with van der Waals surface area (Å²) in [6.45, 7) is 3.87. The van der Waals surface area contributed by atoms with E-state index in [1.807, 2.05) is 44.2 Å². The first kappa shape index (κ1) is 16.4. The average Bonchev–Trinajstić information content (AvgIpc) is 3.25. The number of para-hydroxylation sites is 1. The largest absolute Gasteiger partial charge is 0.347 e. The minimum atomic E-state index is -3.71. The Bertz CT molecular complexity index is 886. The van der Waals surface area contributed by atoms with Crippen molar-refractivity contribution in [2.75, 3.05) is 0 Å². The van der Waals surface area contributed by atoms with Crippen LogP contribution in [0, 0.1) is 5.92 Å². The van der Waals surface area contributed by atoms with Gasteiger partial charge in [-0.25, -0.2) is 22.8 Å². The fraction of sp³-hybridized carbons (Fsp3) is 0.250. The summed E-state index contributed by atoms with van der Waals surface area (Å²) in [5.41, 5.74) is 0.797. The highest BCUT2D eigenvalue weighted by Crippen LogP contribution is 2.22. The van der Waals surface area contributed by atoms with Crippen molar-refractivity contribution in [2.45, 2.75) is 24.8 Å². The molecule has 3 aromatic rings. The molecule has 1 atom stereocenters. The average molecular weight is 345 g/mol. The van der Waals surface area contributed by atoms with Crippen LogP contribution >= 0.6 is 0 Å². The number of rotatable bonds is 6. The van der Waals surface area contributed by atoms with Gasteiger partial charge in [-0.2, -0.15) is 5.10 Å². The van der Waals surface area contributed by atoms with E-state index >= 15 is 0 Å². The number of hydrogen-bond donors (Lipinski definition) is 2. The highest BCUT2D eigenvalue weighted by molar-refractivity contribution is 7.89. The normalized spacial score (nSPS) is 13.3. The van der Waals surface area contributed by atoms with Crippen molar-refractivity contribution in [1.82, 2.24) is 24.5 Å². The summed E-state index contributed by atoms with van der Waals surface area (Å²) in [5.74, 6) is 0.624. The maximum absolute atomic E-state index is 12.7. The molecule has 0 aliphatic rings. The van der Waals surface area contributed by atoms with E-state index in [0.717, 1.165) is 5.69 Å². The van der Waals surface area contributed by atoms with Gasteiger partial charge in [-0.15, -0.1) is 0 Å². The molecule has 2 N–H and O–H groups in total. The maximum atomic E-state index is 12.7. The summed E-state index contributed by atoms with van der Waals surface area (Å²) in [6, 6.07) is 8.91. The second kappa shape index (κ2) is 6.58. The van der Waals surface area contributed by atoms with Gasteiger partial charge >= 0.3 is 0 Å². The van der Waals surface area contributed by atoms with Crippen LogP contribution in [0.2, 0.25) is 0 Å². The molecule has 0 saturated carbocycles. The zero-order valence-electron chi connectivity index (χ0n) is 13.4. The standard InChI is InChI=1S/C16H19N5O2S/c1-12(2)15(16-17-8-9-18-16)20-24(22,23)14-10-19-21(11-14)13-6-4-3-5-7-13/h3-12,15,20H,1-2H3,(H,17,18)/t15-/m1/s1. The van der Waals surface area contributed by atoms with Crippen LogP contribution in [0.1, 0.15) is 25.7 Å². The summed E-state index contributed by atoms with van der Waals surface area (Å²) in [7, 11) is -3.71. The highest BCUT2D eigenvalue weighted by Gasteiger charge is 2.26. The molecule has 0 saturated heterocycles. The molecule has 2 heterocycles. The second-order valence-electron chi connectivity index (χ2n) is 5.77. The molecule has 3 rings (SSSR count). The Morgan fingerprint density at radius 2 is 1.96 bits per heavy atom. The number of aromatic nitrogens is 4. The van der Waals surface area contributed by atoms with Gasteiger partial charge in [0.15, 0.2) is 0 Å². The van der Waals surface area contributed by atoms with Gasteiger partial charge in [-0.05, 0) is 18.1 Å². The van der Waals surface area contributed by atoms with Crippen LogP contribution in [0.15, 0.2) is 60.0 Å². The van der Waals surface area contributed by atoms with Gasteiger partial charge in [0.25, 0.3) is 0 Å². The summed E-state index contributed by atoms with van der Waals surface area (Å²) in [6.07, 6.45) is 6.12. The van der Waals surface area contributed by atoms with Gasteiger partial charge in [0, 0.05) is 12.4 Å². The molecule has 7 nitrogen and oxygen atoms in total. The van der Waals surface area contributed by atoms with Crippen molar-refractivity contribution < 1.29 is 8.42 Å². The van der Waals surface area contributed by atoms with E-state index in [2.05, 4.69) is 19.8 Å². The molecule has 0 bridgehead atoms. The van der Waals surface area contributed by atoms with Gasteiger partial charge < -0.3 is 4.98 Å². The molecular formula is C16H19N5O2S. The zero-order chi connectivity index (χ0) is 17.2. The van der Waals surface area contributed by atoms with Crippen molar-refractivity contribution in [3.05, 3.63) is 60.9 Å². The van der Waals surface area contributed by atoms with Crippen molar-refractivity contribution in [2.24, 2.45) is 5.92 Å². The van der Waals surface area contributed by atoms with Gasteiger partial charge in [0.2, 0.25) is 10.0 Å². The lowest BCUT2D eigenvalue weighted by atomic mass is 10.1. The van der Waals surface area contributed by atoms with Crippen LogP contribution in [0.25, 0.3) is 5.69 Å². The van der Waals surface area contributed by atoms with Crippen molar-refractivity contribution >= 4 is 10.0 Å². The van der Waals surface area contributed by atoms with Crippen LogP contribution in [0.4, 0.5) is 0 Å². The summed E-state index contributed by atoms with van der Waals surface area (Å²) < 4.78 is 29.6. The van der Waals surface area contributed by atoms with Crippen molar-refractivity contribution in [1.29, 1.82) is 0 Å². The van der Waals surface area contributed by atoms with Gasteiger partial charge in [-0.3, -0.25) is 0 Å². The SMILES string of the molecule is CC(C)[C@@H](NS(=O)(=O)c1cnn(-c2ccccc2)c1)c1ncc[nH]1. The number of imidazole rings is 1. The Morgan fingerprint density at radius 1 is 1.21 bits per heavy atom. The quantitative estimate of drug-likeness (QED) is 0.717. The number of hydrogen-bond acceptors (Lipinski definition) is 4. The summed E-state index contributed by atoms with van der Waals surface area (Å²) >= 11 is 0. The smallest absolute Gasteiger partial charge is 0.244 e. The third-order valence-electron chi connectivity index (χ3n) is 3.65. The molecule has 0 unspecified atom stereocenters. The lowest BCUT2D eigenvalue weighted by molar-refractivity contribution is 0.447. The highest BCUT2D eigenvalue weighted by atomic mass is 32.2. The lowest BCUT2D eigenvalue weighted by Crippen LogP contribution is -2.32. The molecular weight excluding hydrogens is 326 g/mol. The van der Waals surface area contributed by atoms with Crippen LogP contribution in [0.3, 0.4) is 0 Å². The molecule has 24 heavy (non-hydrogen) atoms. The van der Waals surface area contributed by atoms with Crippen molar-refractivity contribution in [3.63, 3.8) is 0 Å². The van der Waals surface area contributed by atoms with Gasteiger partial charge in [-0.1, -0.05) is 32.0 Å². The molecule has 0 fully saturated rings. The third-order valence-corrected chi connectivity index (χ3v) is 5.05. The molecule has 0 aliphatic carbocycles. The number of aromatic amines is 1. The first-order valence-corrected chi connectivity index (χ1v) is 9.07. The monoisotopic (exact) mass is 345 g/mol. The van der Waals surface area contributed by atoms with E-state index in [1.165, 1.54) is 17.1 Å². The first-order valence-electron chi connectivity index (χ1n) is 7.59. The number of benzene rings is 1. The fourth-order valence-corrected chi connectivity index (χ4v) is 3.64. The predicted molar refractivity (Wildman–Crippen MR) is 90.1 cm³/mol. The second-order valence-corrected chi connectivity index (χ2v) is 7.49. The van der Waals surface area contributed by atoms with Crippen LogP contribution in [-0.2, 0) is 10.0 Å². The Morgan fingerprint density at radius 3 is 2.58 bits per heavy atom. The van der Waals surface area contributed by atoms with E-state index in [1.54, 1.807) is 12.4 Å². The number of H-pyrrole nitrogens is 1. The molecule has 126 valence electrons. The summed E-state index contributed by atoms with van der Waals surface area (Å²) in [5, 5.41) is 4.14. The molecule has 2 aromatic heterocycles. The first-order chi connectivity index (χ1) is 11.5. The van der Waals surface area contributed by atoms with E-state index in [9.17, 15) is 8.42 Å². The van der Waals surface area contributed by atoms with Crippen LogP contribution < -0.4 is 4.72 Å². The van der Waals surface area contributed by atoms with E-state index in [0.29, 0.717) is 5.82 Å². The molecule has 0 spiro atoms. The molecule has 0 aliphatic heterocycles. The third kappa shape index (κ3) is 3.39. The molecule has 0 radical (unpaired) electrons. The molecule has 1 aromatic carbocycles. The van der Waals surface area contributed by atoms with Gasteiger partial charge in [0.1, 0.15) is 10.7 Å². The summed E-state index contributed by atoms with van der Waals surface area (Å²) in [4.78, 5) is 7.24. The number of nitrogens with one attached hydrogen (secondary N) is 2. The van der Waals surface area contributed by atoms with E-state index in [-0.39, 0.29) is 10.8 Å². The Labute approximate surface area is 140 Å². The minimum absolute atomic E-state index is 0.0371. The maximum Gasteiger partial charge on any atom is 0.244 e. The molecule has 0 amide bonds. The molecule has 8 heteroatoms. The fourth-order valence-electron chi connectivity index (χ4n) is 2.36. The van der Waals surface area contributed by atoms with Gasteiger partial charge in [0.05, 0.1) is 24.1 Å². The van der Waals surface area contributed by atoms with Crippen molar-refractivity contribution in [3.8, 4) is 5.69 Å². The topological polar surface area (TPSA) is 92.7 Å². The number of nitrogens with zero attached hydrogens (tertiary/aromatic N) is 3. The minimum Gasteiger partial charge on any atom is -0.347 e. The van der Waals surface area contributed by atoms with Crippen LogP contribution in [-0.4, -0.2) is 28.2 Å².